The molecule has 0 spiro atoms. The van der Waals surface area contributed by atoms with Crippen molar-refractivity contribution in [2.75, 3.05) is 26.4 Å². The summed E-state index contributed by atoms with van der Waals surface area (Å²) in [6, 6.07) is 0. The second-order valence-corrected chi connectivity index (χ2v) is 8.76. The fourth-order valence-corrected chi connectivity index (χ4v) is 4.80. The fourth-order valence-electron chi connectivity index (χ4n) is 4.80. The summed E-state index contributed by atoms with van der Waals surface area (Å²) in [6.45, 7) is 7.57. The van der Waals surface area contributed by atoms with Crippen molar-refractivity contribution in [1.29, 1.82) is 0 Å². The van der Waals surface area contributed by atoms with E-state index in [9.17, 15) is 0 Å². The molecule has 1 aliphatic carbocycles. The van der Waals surface area contributed by atoms with Gasteiger partial charge in [-0.2, -0.15) is 0 Å². The third-order valence-corrected chi connectivity index (χ3v) is 6.52. The maximum atomic E-state index is 6.11. The van der Waals surface area contributed by atoms with Crippen LogP contribution in [-0.4, -0.2) is 39.0 Å². The van der Waals surface area contributed by atoms with Gasteiger partial charge in [0.25, 0.3) is 0 Å². The Morgan fingerprint density at radius 3 is 1.81 bits per heavy atom. The molecular weight excluding hydrogens is 328 g/mol. The first-order chi connectivity index (χ1) is 12.8. The lowest BCUT2D eigenvalue weighted by Gasteiger charge is -2.40. The Hall–Kier alpha value is -0.160. The molecule has 0 radical (unpaired) electrons. The molecule has 3 rings (SSSR count). The van der Waals surface area contributed by atoms with E-state index in [0.717, 1.165) is 19.1 Å². The molecule has 3 fully saturated rings. The largest absolute Gasteiger partial charge is 0.352 e. The Balaban J connectivity index is 1.32. The van der Waals surface area contributed by atoms with E-state index in [1.165, 1.54) is 64.2 Å². The fraction of sp³-hybridized carbons (Fsp3) is 1.00. The van der Waals surface area contributed by atoms with E-state index in [-0.39, 0.29) is 18.5 Å². The van der Waals surface area contributed by atoms with Crippen molar-refractivity contribution in [1.82, 2.24) is 0 Å². The molecule has 0 aromatic rings. The molecule has 2 saturated heterocycles. The van der Waals surface area contributed by atoms with Crippen LogP contribution in [-0.2, 0) is 18.9 Å². The lowest BCUT2D eigenvalue weighted by Crippen LogP contribution is -2.46. The normalized spacial score (nSPS) is 39.0. The summed E-state index contributed by atoms with van der Waals surface area (Å²) in [6.07, 6.45) is 13.0. The summed E-state index contributed by atoms with van der Waals surface area (Å²) in [5.41, 5.74) is 0. The average Bonchev–Trinajstić information content (AvgIpc) is 2.70. The Morgan fingerprint density at radius 1 is 0.577 bits per heavy atom. The van der Waals surface area contributed by atoms with Crippen LogP contribution in [0, 0.1) is 23.7 Å². The molecule has 1 saturated carbocycles. The molecule has 3 aliphatic rings. The summed E-state index contributed by atoms with van der Waals surface area (Å²) in [5.74, 6) is 2.30. The van der Waals surface area contributed by atoms with Gasteiger partial charge in [-0.25, -0.2) is 0 Å². The molecule has 0 bridgehead atoms. The SMILES string of the molecule is CCCCC[C@H]1CC[C@H]([C@H]2OC[C@H]([C@H]3OC[C@H](CCC)CO3)CO2)CC1. The number of unbranched alkanes of at least 4 members (excludes halogenated alkanes) is 2. The lowest BCUT2D eigenvalue weighted by atomic mass is 9.79. The highest BCUT2D eigenvalue weighted by atomic mass is 16.7. The van der Waals surface area contributed by atoms with Crippen LogP contribution < -0.4 is 0 Å². The standard InChI is InChI=1S/C22H40O4/c1-3-5-6-8-17-9-11-19(12-10-17)21-25-15-20(16-26-21)22-23-13-18(7-4-2)14-24-22/h17-22H,3-16H2,1-2H3/t17-,18-,19-,20-,21-,22-. The Bertz CT molecular complexity index is 364. The van der Waals surface area contributed by atoms with Gasteiger partial charge in [0.2, 0.25) is 0 Å². The molecule has 0 N–H and O–H groups in total. The molecule has 0 atom stereocenters. The minimum absolute atomic E-state index is 0.000674. The molecule has 4 nitrogen and oxygen atoms in total. The summed E-state index contributed by atoms with van der Waals surface area (Å²) in [4.78, 5) is 0. The highest BCUT2D eigenvalue weighted by Gasteiger charge is 2.37. The van der Waals surface area contributed by atoms with Gasteiger partial charge in [-0.3, -0.25) is 0 Å². The van der Waals surface area contributed by atoms with Crippen LogP contribution >= 0.6 is 0 Å². The predicted molar refractivity (Wildman–Crippen MR) is 103 cm³/mol. The number of hydrogen-bond acceptors (Lipinski definition) is 4. The second kappa shape index (κ2) is 11.0. The van der Waals surface area contributed by atoms with Crippen LogP contribution in [0.25, 0.3) is 0 Å². The van der Waals surface area contributed by atoms with E-state index >= 15 is 0 Å². The van der Waals surface area contributed by atoms with Gasteiger partial charge in [0, 0.05) is 11.8 Å². The molecule has 0 aromatic heterocycles. The monoisotopic (exact) mass is 368 g/mol. The lowest BCUT2D eigenvalue weighted by molar-refractivity contribution is -0.291. The molecule has 2 aliphatic heterocycles. The molecule has 0 amide bonds. The van der Waals surface area contributed by atoms with Crippen LogP contribution in [0.1, 0.15) is 78.1 Å². The predicted octanol–water partition coefficient (Wildman–Crippen LogP) is 5.15. The van der Waals surface area contributed by atoms with Crippen LogP contribution in [0.4, 0.5) is 0 Å². The first-order valence-corrected chi connectivity index (χ1v) is 11.3. The van der Waals surface area contributed by atoms with Gasteiger partial charge in [-0.15, -0.1) is 0 Å². The van der Waals surface area contributed by atoms with Gasteiger partial charge in [-0.05, 0) is 38.0 Å². The summed E-state index contributed by atoms with van der Waals surface area (Å²) < 4.78 is 24.1. The zero-order chi connectivity index (χ0) is 18.2. The summed E-state index contributed by atoms with van der Waals surface area (Å²) >= 11 is 0. The number of rotatable bonds is 8. The molecule has 4 heteroatoms. The van der Waals surface area contributed by atoms with Gasteiger partial charge in [0.05, 0.1) is 32.3 Å². The van der Waals surface area contributed by atoms with Crippen molar-refractivity contribution in [3.63, 3.8) is 0 Å². The van der Waals surface area contributed by atoms with E-state index in [0.29, 0.717) is 25.0 Å². The highest BCUT2D eigenvalue weighted by Crippen LogP contribution is 2.36. The van der Waals surface area contributed by atoms with E-state index in [2.05, 4.69) is 13.8 Å². The Labute approximate surface area is 160 Å². The average molecular weight is 369 g/mol. The minimum Gasteiger partial charge on any atom is -0.352 e. The van der Waals surface area contributed by atoms with Crippen molar-refractivity contribution in [3.8, 4) is 0 Å². The zero-order valence-electron chi connectivity index (χ0n) is 17.0. The van der Waals surface area contributed by atoms with Gasteiger partial charge in [0.1, 0.15) is 0 Å². The summed E-state index contributed by atoms with van der Waals surface area (Å²) in [5, 5.41) is 0. The molecule has 2 heterocycles. The maximum Gasteiger partial charge on any atom is 0.164 e. The van der Waals surface area contributed by atoms with Gasteiger partial charge in [0.15, 0.2) is 12.6 Å². The van der Waals surface area contributed by atoms with E-state index in [4.69, 9.17) is 18.9 Å². The smallest absolute Gasteiger partial charge is 0.164 e. The van der Waals surface area contributed by atoms with E-state index < -0.39 is 0 Å². The van der Waals surface area contributed by atoms with Crippen LogP contribution in [0.5, 0.6) is 0 Å². The third-order valence-electron chi connectivity index (χ3n) is 6.52. The number of ether oxygens (including phenoxy) is 4. The minimum atomic E-state index is -0.140. The van der Waals surface area contributed by atoms with Crippen LogP contribution in [0.2, 0.25) is 0 Å². The van der Waals surface area contributed by atoms with Gasteiger partial charge < -0.3 is 18.9 Å². The van der Waals surface area contributed by atoms with E-state index in [1.807, 2.05) is 0 Å². The quantitative estimate of drug-likeness (QED) is 0.555. The van der Waals surface area contributed by atoms with Gasteiger partial charge >= 0.3 is 0 Å². The van der Waals surface area contributed by atoms with Crippen molar-refractivity contribution in [2.45, 2.75) is 90.6 Å². The number of hydrogen-bond donors (Lipinski definition) is 0. The Kier molecular flexibility index (Phi) is 8.70. The molecular formula is C22H40O4. The van der Waals surface area contributed by atoms with E-state index in [1.54, 1.807) is 0 Å². The maximum absolute atomic E-state index is 6.11. The first-order valence-electron chi connectivity index (χ1n) is 11.3. The molecule has 0 aromatic carbocycles. The van der Waals surface area contributed by atoms with Crippen molar-refractivity contribution in [2.24, 2.45) is 23.7 Å². The highest BCUT2D eigenvalue weighted by molar-refractivity contribution is 4.78. The first kappa shape index (κ1) is 20.6. The summed E-state index contributed by atoms with van der Waals surface area (Å²) in [7, 11) is 0. The van der Waals surface area contributed by atoms with Crippen molar-refractivity contribution >= 4 is 0 Å². The zero-order valence-corrected chi connectivity index (χ0v) is 17.0. The molecule has 26 heavy (non-hydrogen) atoms. The third kappa shape index (κ3) is 5.92. The van der Waals surface area contributed by atoms with Crippen LogP contribution in [0.3, 0.4) is 0 Å². The van der Waals surface area contributed by atoms with Crippen molar-refractivity contribution in [3.05, 3.63) is 0 Å². The topological polar surface area (TPSA) is 36.9 Å². The second-order valence-electron chi connectivity index (χ2n) is 8.76. The molecule has 152 valence electrons. The Morgan fingerprint density at radius 2 is 1.19 bits per heavy atom. The molecule has 0 unspecified atom stereocenters. The van der Waals surface area contributed by atoms with Crippen LogP contribution in [0.15, 0.2) is 0 Å². The van der Waals surface area contributed by atoms with Gasteiger partial charge in [-0.1, -0.05) is 46.0 Å². The van der Waals surface area contributed by atoms with Crippen molar-refractivity contribution < 1.29 is 18.9 Å².